The molecule has 0 radical (unpaired) electrons. The van der Waals surface area contributed by atoms with Crippen LogP contribution in [-0.4, -0.2) is 31.1 Å². The van der Waals surface area contributed by atoms with Gasteiger partial charge >= 0.3 is 0 Å². The summed E-state index contributed by atoms with van der Waals surface area (Å²) in [6.45, 7) is 0. The first-order valence-electron chi connectivity index (χ1n) is 5.87. The standard InChI is InChI=1S/C13H10N6S/c20-13-18-17-12(11-3-7-15-8-4-11)19(13)16-9-10-1-5-14-6-2-10/h1-9H,(H,18,20). The Hall–Kier alpha value is -2.67. The maximum Gasteiger partial charge on any atom is 0.216 e. The Morgan fingerprint density at radius 2 is 1.70 bits per heavy atom. The van der Waals surface area contributed by atoms with Gasteiger partial charge in [0.15, 0.2) is 5.82 Å². The van der Waals surface area contributed by atoms with Crippen LogP contribution in [0.2, 0.25) is 0 Å². The predicted molar refractivity (Wildman–Crippen MR) is 77.9 cm³/mol. The van der Waals surface area contributed by atoms with Crippen molar-refractivity contribution in [2.24, 2.45) is 5.10 Å². The second-order valence-corrected chi connectivity index (χ2v) is 4.31. The fourth-order valence-electron chi connectivity index (χ4n) is 1.66. The average Bonchev–Trinajstić information content (AvgIpc) is 2.88. The fourth-order valence-corrected chi connectivity index (χ4v) is 1.84. The molecule has 0 bridgehead atoms. The molecule has 0 amide bonds. The molecule has 3 heterocycles. The average molecular weight is 282 g/mol. The van der Waals surface area contributed by atoms with Gasteiger partial charge in [0.05, 0.1) is 6.21 Å². The molecule has 0 aromatic carbocycles. The lowest BCUT2D eigenvalue weighted by Gasteiger charge is -1.99. The summed E-state index contributed by atoms with van der Waals surface area (Å²) in [5.74, 6) is 0.641. The zero-order valence-corrected chi connectivity index (χ0v) is 11.2. The van der Waals surface area contributed by atoms with Gasteiger partial charge in [0.1, 0.15) is 0 Å². The number of pyridine rings is 2. The summed E-state index contributed by atoms with van der Waals surface area (Å²) in [4.78, 5) is 7.94. The van der Waals surface area contributed by atoms with E-state index in [1.807, 2.05) is 24.3 Å². The molecule has 0 fully saturated rings. The second-order valence-electron chi connectivity index (χ2n) is 3.93. The van der Waals surface area contributed by atoms with Crippen molar-refractivity contribution in [3.8, 4) is 11.4 Å². The Bertz CT molecular complexity index is 775. The Morgan fingerprint density at radius 1 is 1.05 bits per heavy atom. The van der Waals surface area contributed by atoms with Crippen LogP contribution >= 0.6 is 12.2 Å². The number of H-pyrrole nitrogens is 1. The Morgan fingerprint density at radius 3 is 2.40 bits per heavy atom. The van der Waals surface area contributed by atoms with Crippen LogP contribution in [-0.2, 0) is 0 Å². The van der Waals surface area contributed by atoms with Gasteiger partial charge in [-0.3, -0.25) is 9.97 Å². The second kappa shape index (κ2) is 5.54. The minimum Gasteiger partial charge on any atom is -0.265 e. The molecule has 0 saturated heterocycles. The van der Waals surface area contributed by atoms with E-state index in [2.05, 4.69) is 25.3 Å². The van der Waals surface area contributed by atoms with E-state index in [1.54, 1.807) is 35.7 Å². The van der Waals surface area contributed by atoms with E-state index in [9.17, 15) is 0 Å². The van der Waals surface area contributed by atoms with E-state index in [4.69, 9.17) is 12.2 Å². The summed E-state index contributed by atoms with van der Waals surface area (Å²) in [7, 11) is 0. The van der Waals surface area contributed by atoms with Gasteiger partial charge in [-0.15, -0.1) is 0 Å². The van der Waals surface area contributed by atoms with E-state index in [1.165, 1.54) is 0 Å². The van der Waals surface area contributed by atoms with Crippen molar-refractivity contribution in [2.45, 2.75) is 0 Å². The van der Waals surface area contributed by atoms with Crippen LogP contribution in [0, 0.1) is 4.77 Å². The van der Waals surface area contributed by atoms with Crippen LogP contribution in [0.5, 0.6) is 0 Å². The van der Waals surface area contributed by atoms with Crippen LogP contribution in [0.15, 0.2) is 54.2 Å². The molecule has 0 aliphatic carbocycles. The largest absolute Gasteiger partial charge is 0.265 e. The molecule has 0 spiro atoms. The number of rotatable bonds is 3. The van der Waals surface area contributed by atoms with Gasteiger partial charge in [-0.1, -0.05) is 0 Å². The van der Waals surface area contributed by atoms with Gasteiger partial charge in [0.2, 0.25) is 4.77 Å². The van der Waals surface area contributed by atoms with Crippen molar-refractivity contribution in [1.82, 2.24) is 24.8 Å². The summed E-state index contributed by atoms with van der Waals surface area (Å²) in [6.07, 6.45) is 8.52. The third-order valence-electron chi connectivity index (χ3n) is 2.62. The van der Waals surface area contributed by atoms with Crippen molar-refractivity contribution in [1.29, 1.82) is 0 Å². The third kappa shape index (κ3) is 2.52. The lowest BCUT2D eigenvalue weighted by molar-refractivity contribution is 0.871. The van der Waals surface area contributed by atoms with Crippen LogP contribution in [0.1, 0.15) is 5.56 Å². The predicted octanol–water partition coefficient (Wildman–Crippen LogP) is 2.28. The molecular formula is C13H10N6S. The van der Waals surface area contributed by atoms with E-state index in [-0.39, 0.29) is 0 Å². The van der Waals surface area contributed by atoms with Crippen molar-refractivity contribution >= 4 is 18.4 Å². The summed E-state index contributed by atoms with van der Waals surface area (Å²) in [5, 5.41) is 11.3. The van der Waals surface area contributed by atoms with E-state index in [0.29, 0.717) is 10.6 Å². The van der Waals surface area contributed by atoms with Gasteiger partial charge in [-0.25, -0.2) is 5.10 Å². The molecular weight excluding hydrogens is 272 g/mol. The molecule has 3 rings (SSSR count). The zero-order chi connectivity index (χ0) is 13.8. The Kier molecular flexibility index (Phi) is 3.42. The molecule has 20 heavy (non-hydrogen) atoms. The topological polar surface area (TPSA) is 71.8 Å². The molecule has 0 atom stereocenters. The maximum absolute atomic E-state index is 5.19. The summed E-state index contributed by atoms with van der Waals surface area (Å²) >= 11 is 5.19. The molecule has 1 N–H and O–H groups in total. The molecule has 3 aromatic rings. The SMILES string of the molecule is S=c1[nH]nc(-c2ccncc2)n1N=Cc1ccncc1. The highest BCUT2D eigenvalue weighted by Crippen LogP contribution is 2.15. The summed E-state index contributed by atoms with van der Waals surface area (Å²) in [6, 6.07) is 7.42. The number of nitrogens with zero attached hydrogens (tertiary/aromatic N) is 5. The van der Waals surface area contributed by atoms with Gasteiger partial charge < -0.3 is 0 Å². The van der Waals surface area contributed by atoms with Crippen molar-refractivity contribution in [3.05, 3.63) is 59.4 Å². The van der Waals surface area contributed by atoms with Crippen LogP contribution in [0.3, 0.4) is 0 Å². The molecule has 0 unspecified atom stereocenters. The van der Waals surface area contributed by atoms with Crippen molar-refractivity contribution < 1.29 is 0 Å². The molecule has 0 aliphatic heterocycles. The Labute approximate surface area is 119 Å². The Balaban J connectivity index is 2.01. The number of aromatic nitrogens is 5. The molecule has 3 aromatic heterocycles. The van der Waals surface area contributed by atoms with Crippen LogP contribution in [0.25, 0.3) is 11.4 Å². The van der Waals surface area contributed by atoms with Crippen molar-refractivity contribution in [2.75, 3.05) is 0 Å². The quantitative estimate of drug-likeness (QED) is 0.591. The van der Waals surface area contributed by atoms with E-state index >= 15 is 0 Å². The lowest BCUT2D eigenvalue weighted by atomic mass is 10.2. The molecule has 98 valence electrons. The highest BCUT2D eigenvalue weighted by atomic mass is 32.1. The number of aromatic amines is 1. The minimum absolute atomic E-state index is 0.433. The maximum atomic E-state index is 5.19. The van der Waals surface area contributed by atoms with Gasteiger partial charge in [-0.05, 0) is 42.0 Å². The minimum atomic E-state index is 0.433. The van der Waals surface area contributed by atoms with E-state index < -0.39 is 0 Å². The fraction of sp³-hybridized carbons (Fsp3) is 0. The van der Waals surface area contributed by atoms with Gasteiger partial charge in [-0.2, -0.15) is 14.9 Å². The zero-order valence-electron chi connectivity index (χ0n) is 10.3. The first kappa shape index (κ1) is 12.4. The third-order valence-corrected chi connectivity index (χ3v) is 2.88. The molecule has 6 nitrogen and oxygen atoms in total. The van der Waals surface area contributed by atoms with Gasteiger partial charge in [0.25, 0.3) is 0 Å². The van der Waals surface area contributed by atoms with Crippen LogP contribution < -0.4 is 0 Å². The van der Waals surface area contributed by atoms with Crippen LogP contribution in [0.4, 0.5) is 0 Å². The highest BCUT2D eigenvalue weighted by Gasteiger charge is 2.07. The first-order valence-corrected chi connectivity index (χ1v) is 6.27. The lowest BCUT2D eigenvalue weighted by Crippen LogP contribution is -1.95. The summed E-state index contributed by atoms with van der Waals surface area (Å²) in [5.41, 5.74) is 1.82. The highest BCUT2D eigenvalue weighted by molar-refractivity contribution is 7.71. The molecule has 0 aliphatic rings. The first-order chi connectivity index (χ1) is 9.84. The van der Waals surface area contributed by atoms with Gasteiger partial charge in [0, 0.05) is 30.4 Å². The van der Waals surface area contributed by atoms with E-state index in [0.717, 1.165) is 11.1 Å². The monoisotopic (exact) mass is 282 g/mol. The molecule has 7 heteroatoms. The normalized spacial score (nSPS) is 11.0. The smallest absolute Gasteiger partial charge is 0.216 e. The molecule has 0 saturated carbocycles. The number of nitrogens with one attached hydrogen (secondary N) is 1. The number of hydrogen-bond acceptors (Lipinski definition) is 5. The van der Waals surface area contributed by atoms with Crippen molar-refractivity contribution in [3.63, 3.8) is 0 Å². The summed E-state index contributed by atoms with van der Waals surface area (Å²) < 4.78 is 2.01. The number of hydrogen-bond donors (Lipinski definition) is 1.